The molecule has 3 rings (SSSR count). The van der Waals surface area contributed by atoms with Gasteiger partial charge in [-0.25, -0.2) is 8.42 Å². The molecular formula is C17H20N2O2S. The molecule has 4 nitrogen and oxygen atoms in total. The minimum atomic E-state index is -2.82. The number of rotatable bonds is 2. The fourth-order valence-electron chi connectivity index (χ4n) is 2.79. The maximum absolute atomic E-state index is 11.5. The van der Waals surface area contributed by atoms with E-state index < -0.39 is 9.84 Å². The van der Waals surface area contributed by atoms with Crippen LogP contribution in [0.5, 0.6) is 0 Å². The Morgan fingerprint density at radius 3 is 2.82 bits per heavy atom. The van der Waals surface area contributed by atoms with E-state index in [-0.39, 0.29) is 17.5 Å². The number of anilines is 1. The van der Waals surface area contributed by atoms with Crippen LogP contribution in [0.15, 0.2) is 24.3 Å². The Morgan fingerprint density at radius 1 is 1.32 bits per heavy atom. The summed E-state index contributed by atoms with van der Waals surface area (Å²) in [5.74, 6) is 6.74. The Balaban J connectivity index is 1.83. The summed E-state index contributed by atoms with van der Waals surface area (Å²) in [4.78, 5) is 3.31. The summed E-state index contributed by atoms with van der Waals surface area (Å²) in [7, 11) is -2.82. The van der Waals surface area contributed by atoms with Gasteiger partial charge in [-0.05, 0) is 37.0 Å². The molecule has 1 aliphatic rings. The molecule has 2 N–H and O–H groups in total. The van der Waals surface area contributed by atoms with Crippen LogP contribution in [0.3, 0.4) is 0 Å². The van der Waals surface area contributed by atoms with E-state index in [9.17, 15) is 8.42 Å². The molecule has 1 fully saturated rings. The van der Waals surface area contributed by atoms with Crippen LogP contribution >= 0.6 is 0 Å². The SMILES string of the molecule is CCC#Cc1cc2c(NC3CCS(=O)(=O)CC3)cccc2[nH]1. The highest BCUT2D eigenvalue weighted by Crippen LogP contribution is 2.26. The first-order chi connectivity index (χ1) is 10.6. The molecule has 0 aliphatic carbocycles. The maximum Gasteiger partial charge on any atom is 0.150 e. The highest BCUT2D eigenvalue weighted by molar-refractivity contribution is 7.91. The third-order valence-corrected chi connectivity index (χ3v) is 5.69. The van der Waals surface area contributed by atoms with E-state index in [0.29, 0.717) is 12.8 Å². The van der Waals surface area contributed by atoms with Crippen LogP contribution in [0.4, 0.5) is 5.69 Å². The summed E-state index contributed by atoms with van der Waals surface area (Å²) < 4.78 is 23.0. The Bertz CT molecular complexity index is 826. The Kier molecular flexibility index (Phi) is 4.12. The average molecular weight is 316 g/mol. The van der Waals surface area contributed by atoms with Crippen molar-refractivity contribution >= 4 is 26.4 Å². The summed E-state index contributed by atoms with van der Waals surface area (Å²) in [6.45, 7) is 2.03. The van der Waals surface area contributed by atoms with Gasteiger partial charge in [-0.3, -0.25) is 0 Å². The van der Waals surface area contributed by atoms with Crippen molar-refractivity contribution in [1.82, 2.24) is 4.98 Å². The van der Waals surface area contributed by atoms with Gasteiger partial charge in [0, 0.05) is 29.1 Å². The van der Waals surface area contributed by atoms with Crippen molar-refractivity contribution in [2.45, 2.75) is 32.2 Å². The van der Waals surface area contributed by atoms with Crippen LogP contribution in [0, 0.1) is 11.8 Å². The number of benzene rings is 1. The number of H-pyrrole nitrogens is 1. The van der Waals surface area contributed by atoms with Crippen LogP contribution in [-0.4, -0.2) is 30.9 Å². The number of aromatic amines is 1. The molecule has 1 aliphatic heterocycles. The second kappa shape index (κ2) is 6.05. The van der Waals surface area contributed by atoms with Gasteiger partial charge in [0.05, 0.1) is 17.2 Å². The lowest BCUT2D eigenvalue weighted by Gasteiger charge is -2.24. The molecule has 0 spiro atoms. The molecule has 116 valence electrons. The molecule has 1 aromatic carbocycles. The molecule has 5 heteroatoms. The zero-order valence-corrected chi connectivity index (χ0v) is 13.5. The van der Waals surface area contributed by atoms with Crippen molar-refractivity contribution in [2.75, 3.05) is 16.8 Å². The summed E-state index contributed by atoms with van der Waals surface area (Å²) in [5, 5.41) is 4.61. The third-order valence-electron chi connectivity index (χ3n) is 3.98. The van der Waals surface area contributed by atoms with Crippen molar-refractivity contribution in [3.63, 3.8) is 0 Å². The zero-order chi connectivity index (χ0) is 15.6. The highest BCUT2D eigenvalue weighted by Gasteiger charge is 2.23. The lowest BCUT2D eigenvalue weighted by Crippen LogP contribution is -2.32. The standard InChI is InChI=1S/C17H20N2O2S/c1-2-3-5-14-12-15-16(6-4-7-17(15)19-14)18-13-8-10-22(20,21)11-9-13/h4,6-7,12-13,18-19H,2,8-11H2,1H3. The van der Waals surface area contributed by atoms with Crippen LogP contribution in [0.1, 0.15) is 31.9 Å². The second-order valence-corrected chi connectivity index (χ2v) is 7.98. The predicted octanol–water partition coefficient (Wildman–Crippen LogP) is 2.92. The minimum Gasteiger partial charge on any atom is -0.382 e. The Hall–Kier alpha value is -1.93. The fourth-order valence-corrected chi connectivity index (χ4v) is 4.28. The topological polar surface area (TPSA) is 62.0 Å². The van der Waals surface area contributed by atoms with Crippen molar-refractivity contribution in [3.8, 4) is 11.8 Å². The van der Waals surface area contributed by atoms with Crippen LogP contribution in [-0.2, 0) is 9.84 Å². The summed E-state index contributed by atoms with van der Waals surface area (Å²) in [6.07, 6.45) is 2.17. The van der Waals surface area contributed by atoms with Gasteiger partial charge in [-0.15, -0.1) is 0 Å². The van der Waals surface area contributed by atoms with Gasteiger partial charge >= 0.3 is 0 Å². The number of nitrogens with one attached hydrogen (secondary N) is 2. The lowest BCUT2D eigenvalue weighted by molar-refractivity contribution is 0.560. The molecular weight excluding hydrogens is 296 g/mol. The minimum absolute atomic E-state index is 0.217. The zero-order valence-electron chi connectivity index (χ0n) is 12.6. The molecule has 0 saturated carbocycles. The van der Waals surface area contributed by atoms with E-state index in [0.717, 1.165) is 28.7 Å². The number of fused-ring (bicyclic) bond motifs is 1. The number of aromatic nitrogens is 1. The molecule has 0 bridgehead atoms. The van der Waals surface area contributed by atoms with E-state index in [1.165, 1.54) is 0 Å². The first-order valence-corrected chi connectivity index (χ1v) is 9.47. The van der Waals surface area contributed by atoms with Crippen molar-refractivity contribution < 1.29 is 8.42 Å². The van der Waals surface area contributed by atoms with Crippen molar-refractivity contribution in [2.24, 2.45) is 0 Å². The third kappa shape index (κ3) is 3.28. The highest BCUT2D eigenvalue weighted by atomic mass is 32.2. The van der Waals surface area contributed by atoms with E-state index in [1.807, 2.05) is 25.1 Å². The van der Waals surface area contributed by atoms with Gasteiger partial charge in [0.25, 0.3) is 0 Å². The first-order valence-electron chi connectivity index (χ1n) is 7.65. The summed E-state index contributed by atoms with van der Waals surface area (Å²) in [5.41, 5.74) is 3.01. The molecule has 0 amide bonds. The number of hydrogen-bond donors (Lipinski definition) is 2. The molecule has 2 aromatic rings. The van der Waals surface area contributed by atoms with E-state index in [1.54, 1.807) is 0 Å². The van der Waals surface area contributed by atoms with Gasteiger partial charge < -0.3 is 10.3 Å². The van der Waals surface area contributed by atoms with Gasteiger partial charge in [0.1, 0.15) is 9.84 Å². The van der Waals surface area contributed by atoms with Gasteiger partial charge in [0.2, 0.25) is 0 Å². The number of hydrogen-bond acceptors (Lipinski definition) is 3. The van der Waals surface area contributed by atoms with Crippen molar-refractivity contribution in [3.05, 3.63) is 30.0 Å². The summed E-state index contributed by atoms with van der Waals surface area (Å²) in [6, 6.07) is 8.34. The normalized spacial score (nSPS) is 17.9. The van der Waals surface area contributed by atoms with Crippen molar-refractivity contribution in [1.29, 1.82) is 0 Å². The quantitative estimate of drug-likeness (QED) is 0.838. The molecule has 22 heavy (non-hydrogen) atoms. The molecule has 0 atom stereocenters. The lowest BCUT2D eigenvalue weighted by atomic mass is 10.1. The van der Waals surface area contributed by atoms with Gasteiger partial charge in [-0.2, -0.15) is 0 Å². The van der Waals surface area contributed by atoms with Gasteiger partial charge in [0.15, 0.2) is 0 Å². The first kappa shape index (κ1) is 15.0. The molecule has 0 radical (unpaired) electrons. The van der Waals surface area contributed by atoms with Crippen LogP contribution in [0.2, 0.25) is 0 Å². The largest absolute Gasteiger partial charge is 0.382 e. The Morgan fingerprint density at radius 2 is 2.09 bits per heavy atom. The van der Waals surface area contributed by atoms with E-state index in [4.69, 9.17) is 0 Å². The average Bonchev–Trinajstić information content (AvgIpc) is 2.91. The monoisotopic (exact) mass is 316 g/mol. The number of sulfone groups is 1. The summed E-state index contributed by atoms with van der Waals surface area (Å²) >= 11 is 0. The smallest absolute Gasteiger partial charge is 0.150 e. The molecule has 0 unspecified atom stereocenters. The molecule has 1 aromatic heterocycles. The van der Waals surface area contributed by atoms with E-state index in [2.05, 4.69) is 28.2 Å². The maximum atomic E-state index is 11.5. The predicted molar refractivity (Wildman–Crippen MR) is 90.8 cm³/mol. The van der Waals surface area contributed by atoms with Crippen LogP contribution in [0.25, 0.3) is 10.9 Å². The Labute approximate surface area is 131 Å². The van der Waals surface area contributed by atoms with Crippen LogP contribution < -0.4 is 5.32 Å². The van der Waals surface area contributed by atoms with E-state index >= 15 is 0 Å². The van der Waals surface area contributed by atoms with Gasteiger partial charge in [-0.1, -0.05) is 18.9 Å². The molecule has 1 saturated heterocycles. The molecule has 2 heterocycles. The fraction of sp³-hybridized carbons (Fsp3) is 0.412. The second-order valence-electron chi connectivity index (χ2n) is 5.68.